The standard InChI is InChI=1S/C11H22N2.2ClH/c12-8-10-4-3-7-13(9-10)11-5-1-2-6-11;;/h10-11H,1-9,12H2;2*1H. The molecule has 1 heterocycles. The topological polar surface area (TPSA) is 29.3 Å². The molecule has 0 spiro atoms. The first-order valence-corrected chi connectivity index (χ1v) is 5.84. The zero-order valence-electron chi connectivity index (χ0n) is 9.36. The number of likely N-dealkylation sites (tertiary alicyclic amines) is 1. The molecule has 0 bridgehead atoms. The largest absolute Gasteiger partial charge is 0.330 e. The van der Waals surface area contributed by atoms with E-state index in [-0.39, 0.29) is 24.8 Å². The molecular weight excluding hydrogens is 231 g/mol. The van der Waals surface area contributed by atoms with Gasteiger partial charge in [-0.25, -0.2) is 0 Å². The van der Waals surface area contributed by atoms with E-state index >= 15 is 0 Å². The van der Waals surface area contributed by atoms with Gasteiger partial charge in [0.1, 0.15) is 0 Å². The van der Waals surface area contributed by atoms with Gasteiger partial charge in [-0.15, -0.1) is 24.8 Å². The Kier molecular flexibility index (Phi) is 7.98. The maximum atomic E-state index is 5.74. The average Bonchev–Trinajstić information content (AvgIpc) is 2.71. The van der Waals surface area contributed by atoms with E-state index in [9.17, 15) is 0 Å². The van der Waals surface area contributed by atoms with Crippen LogP contribution in [0.4, 0.5) is 0 Å². The molecule has 0 radical (unpaired) electrons. The molecule has 0 aromatic heterocycles. The van der Waals surface area contributed by atoms with E-state index in [4.69, 9.17) is 5.73 Å². The zero-order chi connectivity index (χ0) is 9.10. The number of halogens is 2. The number of hydrogen-bond acceptors (Lipinski definition) is 2. The first-order chi connectivity index (χ1) is 6.40. The highest BCUT2D eigenvalue weighted by Gasteiger charge is 2.26. The third-order valence-corrected chi connectivity index (χ3v) is 3.72. The second kappa shape index (κ2) is 7.72. The van der Waals surface area contributed by atoms with Crippen LogP contribution in [0.15, 0.2) is 0 Å². The number of nitrogens with zero attached hydrogens (tertiary/aromatic N) is 1. The first-order valence-electron chi connectivity index (χ1n) is 5.84. The van der Waals surface area contributed by atoms with Crippen molar-refractivity contribution in [3.8, 4) is 0 Å². The lowest BCUT2D eigenvalue weighted by atomic mass is 9.96. The monoisotopic (exact) mass is 254 g/mol. The molecule has 2 aliphatic rings. The Balaban J connectivity index is 0.000000980. The van der Waals surface area contributed by atoms with Crippen molar-refractivity contribution in [2.75, 3.05) is 19.6 Å². The van der Waals surface area contributed by atoms with Crippen LogP contribution >= 0.6 is 24.8 Å². The van der Waals surface area contributed by atoms with Crippen LogP contribution in [0.25, 0.3) is 0 Å². The highest BCUT2D eigenvalue weighted by Crippen LogP contribution is 2.27. The van der Waals surface area contributed by atoms with Crippen LogP contribution in [0.5, 0.6) is 0 Å². The zero-order valence-corrected chi connectivity index (χ0v) is 11.0. The Labute approximate surface area is 106 Å². The number of nitrogens with two attached hydrogens (primary N) is 1. The molecule has 1 saturated carbocycles. The summed E-state index contributed by atoms with van der Waals surface area (Å²) in [5, 5.41) is 0. The van der Waals surface area contributed by atoms with Crippen LogP contribution in [-0.2, 0) is 0 Å². The molecule has 1 atom stereocenters. The molecule has 2 rings (SSSR count). The smallest absolute Gasteiger partial charge is 0.00953 e. The lowest BCUT2D eigenvalue weighted by molar-refractivity contribution is 0.128. The molecule has 0 aromatic carbocycles. The van der Waals surface area contributed by atoms with Crippen LogP contribution in [0, 0.1) is 5.92 Å². The maximum Gasteiger partial charge on any atom is 0.00953 e. The van der Waals surface area contributed by atoms with Crippen molar-refractivity contribution in [3.63, 3.8) is 0 Å². The van der Waals surface area contributed by atoms with Crippen LogP contribution in [0.3, 0.4) is 0 Å². The van der Waals surface area contributed by atoms with Crippen molar-refractivity contribution in [3.05, 3.63) is 0 Å². The Hall–Kier alpha value is 0.500. The molecule has 4 heteroatoms. The molecule has 0 amide bonds. The summed E-state index contributed by atoms with van der Waals surface area (Å²) < 4.78 is 0. The quantitative estimate of drug-likeness (QED) is 0.821. The Morgan fingerprint density at radius 3 is 2.27 bits per heavy atom. The second-order valence-electron chi connectivity index (χ2n) is 4.68. The van der Waals surface area contributed by atoms with Crippen molar-refractivity contribution in [1.29, 1.82) is 0 Å². The van der Waals surface area contributed by atoms with Crippen molar-refractivity contribution < 1.29 is 0 Å². The molecule has 1 unspecified atom stereocenters. The van der Waals surface area contributed by atoms with Gasteiger partial charge in [0.15, 0.2) is 0 Å². The van der Waals surface area contributed by atoms with E-state index < -0.39 is 0 Å². The highest BCUT2D eigenvalue weighted by atomic mass is 35.5. The molecule has 1 aliphatic heterocycles. The Morgan fingerprint density at radius 2 is 1.67 bits per heavy atom. The van der Waals surface area contributed by atoms with Crippen molar-refractivity contribution in [2.24, 2.45) is 11.7 Å². The van der Waals surface area contributed by atoms with Gasteiger partial charge in [0.2, 0.25) is 0 Å². The Bertz CT molecular complexity index is 161. The fourth-order valence-corrected chi connectivity index (χ4v) is 2.89. The summed E-state index contributed by atoms with van der Waals surface area (Å²) in [7, 11) is 0. The number of hydrogen-bond donors (Lipinski definition) is 1. The predicted octanol–water partition coefficient (Wildman–Crippen LogP) is 2.44. The summed E-state index contributed by atoms with van der Waals surface area (Å²) in [5.74, 6) is 0.786. The third kappa shape index (κ3) is 4.10. The highest BCUT2D eigenvalue weighted by molar-refractivity contribution is 5.85. The SMILES string of the molecule is Cl.Cl.NCC1CCCN(C2CCCC2)C1. The summed E-state index contributed by atoms with van der Waals surface area (Å²) in [6.07, 6.45) is 8.52. The second-order valence-corrected chi connectivity index (χ2v) is 4.68. The van der Waals surface area contributed by atoms with Gasteiger partial charge in [-0.1, -0.05) is 12.8 Å². The first kappa shape index (κ1) is 15.5. The van der Waals surface area contributed by atoms with E-state index in [1.165, 1.54) is 51.6 Å². The van der Waals surface area contributed by atoms with Crippen molar-refractivity contribution in [1.82, 2.24) is 4.90 Å². The third-order valence-electron chi connectivity index (χ3n) is 3.72. The summed E-state index contributed by atoms with van der Waals surface area (Å²) >= 11 is 0. The fourth-order valence-electron chi connectivity index (χ4n) is 2.89. The van der Waals surface area contributed by atoms with Gasteiger partial charge in [0.25, 0.3) is 0 Å². The molecule has 15 heavy (non-hydrogen) atoms. The number of rotatable bonds is 2. The minimum absolute atomic E-state index is 0. The van der Waals surface area contributed by atoms with Crippen LogP contribution in [-0.4, -0.2) is 30.6 Å². The lowest BCUT2D eigenvalue weighted by Crippen LogP contribution is -2.43. The lowest BCUT2D eigenvalue weighted by Gasteiger charge is -2.36. The van der Waals surface area contributed by atoms with Gasteiger partial charge >= 0.3 is 0 Å². The molecule has 2 fully saturated rings. The van der Waals surface area contributed by atoms with Crippen molar-refractivity contribution in [2.45, 2.75) is 44.6 Å². The molecule has 1 saturated heterocycles. The van der Waals surface area contributed by atoms with Crippen LogP contribution in [0.1, 0.15) is 38.5 Å². The summed E-state index contributed by atoms with van der Waals surface area (Å²) in [4.78, 5) is 2.70. The van der Waals surface area contributed by atoms with Gasteiger partial charge in [0, 0.05) is 12.6 Å². The van der Waals surface area contributed by atoms with Gasteiger partial charge < -0.3 is 10.6 Å². The van der Waals surface area contributed by atoms with Gasteiger partial charge in [-0.05, 0) is 44.7 Å². The molecule has 1 aliphatic carbocycles. The van der Waals surface area contributed by atoms with E-state index in [1.807, 2.05) is 0 Å². The summed E-state index contributed by atoms with van der Waals surface area (Å²) in [6, 6.07) is 0.911. The predicted molar refractivity (Wildman–Crippen MR) is 70.1 cm³/mol. The average molecular weight is 255 g/mol. The van der Waals surface area contributed by atoms with E-state index in [0.29, 0.717) is 0 Å². The van der Waals surface area contributed by atoms with Crippen LogP contribution < -0.4 is 5.73 Å². The van der Waals surface area contributed by atoms with E-state index in [1.54, 1.807) is 0 Å². The summed E-state index contributed by atoms with van der Waals surface area (Å²) in [5.41, 5.74) is 5.74. The molecule has 92 valence electrons. The van der Waals surface area contributed by atoms with E-state index in [0.717, 1.165) is 18.5 Å². The number of piperidine rings is 1. The molecule has 2 N–H and O–H groups in total. The van der Waals surface area contributed by atoms with Crippen LogP contribution in [0.2, 0.25) is 0 Å². The maximum absolute atomic E-state index is 5.74. The minimum atomic E-state index is 0. The Morgan fingerprint density at radius 1 is 1.00 bits per heavy atom. The van der Waals surface area contributed by atoms with Crippen molar-refractivity contribution >= 4 is 24.8 Å². The molecular formula is C11H24Cl2N2. The van der Waals surface area contributed by atoms with Gasteiger partial charge in [-0.3, -0.25) is 0 Å². The minimum Gasteiger partial charge on any atom is -0.330 e. The summed E-state index contributed by atoms with van der Waals surface area (Å²) in [6.45, 7) is 3.51. The van der Waals surface area contributed by atoms with Gasteiger partial charge in [0.05, 0.1) is 0 Å². The molecule has 0 aromatic rings. The van der Waals surface area contributed by atoms with Gasteiger partial charge in [-0.2, -0.15) is 0 Å². The van der Waals surface area contributed by atoms with E-state index in [2.05, 4.69) is 4.90 Å². The fraction of sp³-hybridized carbons (Fsp3) is 1.00. The normalized spacial score (nSPS) is 28.2. The molecule has 2 nitrogen and oxygen atoms in total.